The standard InChI is InChI=1S/C17H16Cl2N2O2S/c18-9-6-7-10(12(19)8-9)16(23)21-17-14(15(20)22)11-4-2-1-3-5-13(11)24-17/h6-8H,1-5H2,(H2,20,22)(H,21,23). The van der Waals surface area contributed by atoms with E-state index in [0.717, 1.165) is 42.5 Å². The van der Waals surface area contributed by atoms with Crippen molar-refractivity contribution in [3.63, 3.8) is 0 Å². The molecule has 4 nitrogen and oxygen atoms in total. The first-order chi connectivity index (χ1) is 11.5. The zero-order valence-electron chi connectivity index (χ0n) is 12.8. The summed E-state index contributed by atoms with van der Waals surface area (Å²) in [6, 6.07) is 4.67. The molecule has 0 atom stereocenters. The summed E-state index contributed by atoms with van der Waals surface area (Å²) in [5.41, 5.74) is 7.31. The van der Waals surface area contributed by atoms with E-state index in [4.69, 9.17) is 28.9 Å². The van der Waals surface area contributed by atoms with Crippen LogP contribution in [0.2, 0.25) is 10.0 Å². The third-order valence-electron chi connectivity index (χ3n) is 4.07. The van der Waals surface area contributed by atoms with Gasteiger partial charge in [-0.15, -0.1) is 11.3 Å². The topological polar surface area (TPSA) is 72.2 Å². The minimum atomic E-state index is -0.507. The van der Waals surface area contributed by atoms with Gasteiger partial charge in [-0.05, 0) is 49.4 Å². The normalized spacial score (nSPS) is 13.9. The Hall–Kier alpha value is -1.56. The molecule has 7 heteroatoms. The number of anilines is 1. The molecule has 24 heavy (non-hydrogen) atoms. The maximum atomic E-state index is 12.5. The van der Waals surface area contributed by atoms with Crippen molar-refractivity contribution in [2.24, 2.45) is 5.73 Å². The Kier molecular flexibility index (Phi) is 5.13. The summed E-state index contributed by atoms with van der Waals surface area (Å²) >= 11 is 13.4. The van der Waals surface area contributed by atoms with E-state index in [2.05, 4.69) is 5.32 Å². The predicted molar refractivity (Wildman–Crippen MR) is 98.5 cm³/mol. The number of halogens is 2. The van der Waals surface area contributed by atoms with Gasteiger partial charge in [0.1, 0.15) is 5.00 Å². The van der Waals surface area contributed by atoms with Crippen LogP contribution < -0.4 is 11.1 Å². The van der Waals surface area contributed by atoms with Gasteiger partial charge in [0.25, 0.3) is 11.8 Å². The second kappa shape index (κ2) is 7.13. The van der Waals surface area contributed by atoms with E-state index in [1.165, 1.54) is 17.4 Å². The molecule has 2 aromatic rings. The number of nitrogens with one attached hydrogen (secondary N) is 1. The van der Waals surface area contributed by atoms with Crippen molar-refractivity contribution in [1.29, 1.82) is 0 Å². The molecule has 0 saturated heterocycles. The number of carbonyl (C=O) groups is 2. The molecule has 0 saturated carbocycles. The maximum absolute atomic E-state index is 12.5. The molecule has 3 N–H and O–H groups in total. The summed E-state index contributed by atoms with van der Waals surface area (Å²) in [4.78, 5) is 25.6. The molecular weight excluding hydrogens is 367 g/mol. The molecule has 126 valence electrons. The molecule has 1 aromatic heterocycles. The minimum Gasteiger partial charge on any atom is -0.365 e. The summed E-state index contributed by atoms with van der Waals surface area (Å²) in [5, 5.41) is 4.02. The monoisotopic (exact) mass is 382 g/mol. The van der Waals surface area contributed by atoms with Gasteiger partial charge in [-0.25, -0.2) is 0 Å². The number of hydrogen-bond donors (Lipinski definition) is 2. The lowest BCUT2D eigenvalue weighted by atomic mass is 10.1. The summed E-state index contributed by atoms with van der Waals surface area (Å²) in [6.45, 7) is 0. The highest BCUT2D eigenvalue weighted by molar-refractivity contribution is 7.17. The molecule has 0 fully saturated rings. The lowest BCUT2D eigenvalue weighted by Gasteiger charge is -2.08. The highest BCUT2D eigenvalue weighted by atomic mass is 35.5. The van der Waals surface area contributed by atoms with Crippen molar-refractivity contribution in [2.45, 2.75) is 32.1 Å². The second-order valence-electron chi connectivity index (χ2n) is 5.71. The first-order valence-electron chi connectivity index (χ1n) is 7.68. The van der Waals surface area contributed by atoms with Crippen LogP contribution in [0.4, 0.5) is 5.00 Å². The number of hydrogen-bond acceptors (Lipinski definition) is 3. The fourth-order valence-corrected chi connectivity index (χ4v) is 4.72. The Morgan fingerprint density at radius 3 is 2.58 bits per heavy atom. The van der Waals surface area contributed by atoms with Crippen LogP contribution >= 0.6 is 34.5 Å². The van der Waals surface area contributed by atoms with Gasteiger partial charge in [0.2, 0.25) is 0 Å². The van der Waals surface area contributed by atoms with Gasteiger partial charge in [0.05, 0.1) is 16.1 Å². The fraction of sp³-hybridized carbons (Fsp3) is 0.294. The molecule has 2 amide bonds. The van der Waals surface area contributed by atoms with E-state index in [0.29, 0.717) is 21.2 Å². The molecule has 1 heterocycles. The fourth-order valence-electron chi connectivity index (χ4n) is 2.94. The molecule has 3 rings (SSSR count). The lowest BCUT2D eigenvalue weighted by molar-refractivity contribution is 0.100. The number of aryl methyl sites for hydroxylation is 1. The molecular formula is C17H16Cl2N2O2S. The number of primary amides is 1. The van der Waals surface area contributed by atoms with Gasteiger partial charge in [-0.3, -0.25) is 9.59 Å². The van der Waals surface area contributed by atoms with Crippen LogP contribution in [0.1, 0.15) is 50.4 Å². The third-order valence-corrected chi connectivity index (χ3v) is 5.83. The maximum Gasteiger partial charge on any atom is 0.257 e. The summed E-state index contributed by atoms with van der Waals surface area (Å²) in [7, 11) is 0. The van der Waals surface area contributed by atoms with Crippen molar-refractivity contribution in [3.8, 4) is 0 Å². The van der Waals surface area contributed by atoms with Gasteiger partial charge in [0, 0.05) is 9.90 Å². The van der Waals surface area contributed by atoms with E-state index in [1.54, 1.807) is 12.1 Å². The Morgan fingerprint density at radius 1 is 1.12 bits per heavy atom. The van der Waals surface area contributed by atoms with Crippen LogP contribution in [0.25, 0.3) is 0 Å². The van der Waals surface area contributed by atoms with Gasteiger partial charge in [-0.2, -0.15) is 0 Å². The van der Waals surface area contributed by atoms with E-state index >= 15 is 0 Å². The second-order valence-corrected chi connectivity index (χ2v) is 7.66. The molecule has 1 aromatic carbocycles. The summed E-state index contributed by atoms with van der Waals surface area (Å²) in [5.74, 6) is -0.887. The first kappa shape index (κ1) is 17.3. The molecule has 1 aliphatic carbocycles. The van der Waals surface area contributed by atoms with Crippen LogP contribution in [-0.4, -0.2) is 11.8 Å². The molecule has 0 aliphatic heterocycles. The Labute approximate surface area is 153 Å². The molecule has 0 unspecified atom stereocenters. The van der Waals surface area contributed by atoms with E-state index in [-0.39, 0.29) is 10.9 Å². The molecule has 0 bridgehead atoms. The van der Waals surface area contributed by atoms with Crippen LogP contribution in [0.5, 0.6) is 0 Å². The number of nitrogens with two attached hydrogens (primary N) is 1. The van der Waals surface area contributed by atoms with Crippen LogP contribution in [0, 0.1) is 0 Å². The van der Waals surface area contributed by atoms with Crippen molar-refractivity contribution < 1.29 is 9.59 Å². The highest BCUT2D eigenvalue weighted by Crippen LogP contribution is 2.37. The highest BCUT2D eigenvalue weighted by Gasteiger charge is 2.24. The zero-order valence-corrected chi connectivity index (χ0v) is 15.2. The Morgan fingerprint density at radius 2 is 1.88 bits per heavy atom. The predicted octanol–water partition coefficient (Wildman–Crippen LogP) is 4.68. The van der Waals surface area contributed by atoms with E-state index in [1.807, 2.05) is 0 Å². The molecule has 0 spiro atoms. The first-order valence-corrected chi connectivity index (χ1v) is 9.25. The largest absolute Gasteiger partial charge is 0.365 e. The molecule has 0 radical (unpaired) electrons. The minimum absolute atomic E-state index is 0.263. The van der Waals surface area contributed by atoms with Crippen molar-refractivity contribution >= 4 is 51.4 Å². The third kappa shape index (κ3) is 3.43. The van der Waals surface area contributed by atoms with Gasteiger partial charge in [0.15, 0.2) is 0 Å². The number of fused-ring (bicyclic) bond motifs is 1. The smallest absolute Gasteiger partial charge is 0.257 e. The quantitative estimate of drug-likeness (QED) is 0.756. The number of amides is 2. The summed E-state index contributed by atoms with van der Waals surface area (Å²) < 4.78 is 0. The van der Waals surface area contributed by atoms with Gasteiger partial charge < -0.3 is 11.1 Å². The van der Waals surface area contributed by atoms with Gasteiger partial charge in [-0.1, -0.05) is 29.6 Å². The lowest BCUT2D eigenvalue weighted by Crippen LogP contribution is -2.18. The summed E-state index contributed by atoms with van der Waals surface area (Å²) in [6.07, 6.45) is 4.99. The van der Waals surface area contributed by atoms with Crippen LogP contribution in [0.3, 0.4) is 0 Å². The SMILES string of the molecule is NC(=O)c1c(NC(=O)c2ccc(Cl)cc2Cl)sc2c1CCCCC2. The average Bonchev–Trinajstić information content (AvgIpc) is 2.69. The number of rotatable bonds is 3. The van der Waals surface area contributed by atoms with E-state index < -0.39 is 5.91 Å². The van der Waals surface area contributed by atoms with Crippen molar-refractivity contribution in [2.75, 3.05) is 5.32 Å². The van der Waals surface area contributed by atoms with Crippen LogP contribution in [0.15, 0.2) is 18.2 Å². The average molecular weight is 383 g/mol. The van der Waals surface area contributed by atoms with Crippen molar-refractivity contribution in [3.05, 3.63) is 49.8 Å². The Balaban J connectivity index is 1.95. The Bertz CT molecular complexity index is 817. The van der Waals surface area contributed by atoms with Crippen molar-refractivity contribution in [1.82, 2.24) is 0 Å². The van der Waals surface area contributed by atoms with E-state index in [9.17, 15) is 9.59 Å². The zero-order chi connectivity index (χ0) is 17.3. The number of carbonyl (C=O) groups excluding carboxylic acids is 2. The molecule has 1 aliphatic rings. The van der Waals surface area contributed by atoms with Crippen LogP contribution in [-0.2, 0) is 12.8 Å². The van der Waals surface area contributed by atoms with Gasteiger partial charge >= 0.3 is 0 Å². The number of benzene rings is 1. The number of thiophene rings is 1.